The third-order valence-corrected chi connectivity index (χ3v) is 2.39. The van der Waals surface area contributed by atoms with E-state index < -0.39 is 17.7 Å². The minimum Gasteiger partial charge on any atom is -0.318 e. The zero-order chi connectivity index (χ0) is 13.1. The van der Waals surface area contributed by atoms with Crippen molar-refractivity contribution in [2.45, 2.75) is 6.92 Å². The van der Waals surface area contributed by atoms with Crippen LogP contribution in [0, 0.1) is 18.7 Å². The fourth-order valence-corrected chi connectivity index (χ4v) is 1.47. The molecule has 0 fully saturated rings. The van der Waals surface area contributed by atoms with Crippen molar-refractivity contribution < 1.29 is 13.6 Å². The molecule has 0 saturated heterocycles. The van der Waals surface area contributed by atoms with Gasteiger partial charge >= 0.3 is 0 Å². The second-order valence-corrected chi connectivity index (χ2v) is 3.74. The molecule has 0 unspecified atom stereocenters. The lowest BCUT2D eigenvalue weighted by molar-refractivity contribution is 0.102. The monoisotopic (exact) mass is 248 g/mol. The van der Waals surface area contributed by atoms with Gasteiger partial charge in [-0.3, -0.25) is 4.79 Å². The number of pyridine rings is 1. The quantitative estimate of drug-likeness (QED) is 0.830. The summed E-state index contributed by atoms with van der Waals surface area (Å²) in [4.78, 5) is 15.1. The van der Waals surface area contributed by atoms with Gasteiger partial charge in [-0.2, -0.15) is 4.39 Å². The summed E-state index contributed by atoms with van der Waals surface area (Å²) in [6.45, 7) is 1.59. The number of hydrogen-bond donors (Lipinski definition) is 1. The zero-order valence-corrected chi connectivity index (χ0v) is 9.58. The Hall–Kier alpha value is -2.30. The van der Waals surface area contributed by atoms with Crippen LogP contribution in [0.2, 0.25) is 0 Å². The van der Waals surface area contributed by atoms with Gasteiger partial charge in [0.25, 0.3) is 5.91 Å². The summed E-state index contributed by atoms with van der Waals surface area (Å²) in [5, 5.41) is 2.35. The number of rotatable bonds is 2. The Morgan fingerprint density at radius 2 is 1.89 bits per heavy atom. The SMILES string of the molecule is Cc1cccc(NC(=O)c2cccc(F)n2)c1F. The average Bonchev–Trinajstić information content (AvgIpc) is 2.35. The van der Waals surface area contributed by atoms with Gasteiger partial charge in [0, 0.05) is 0 Å². The molecule has 0 aliphatic heterocycles. The Bertz CT molecular complexity index is 599. The Morgan fingerprint density at radius 3 is 2.61 bits per heavy atom. The first-order valence-corrected chi connectivity index (χ1v) is 5.27. The van der Waals surface area contributed by atoms with Crippen LogP contribution in [0.4, 0.5) is 14.5 Å². The van der Waals surface area contributed by atoms with E-state index in [2.05, 4.69) is 10.3 Å². The van der Waals surface area contributed by atoms with E-state index in [1.807, 2.05) is 0 Å². The van der Waals surface area contributed by atoms with Gasteiger partial charge in [-0.1, -0.05) is 18.2 Å². The third kappa shape index (κ3) is 2.51. The maximum atomic E-state index is 13.6. The number of anilines is 1. The summed E-state index contributed by atoms with van der Waals surface area (Å²) in [6, 6.07) is 8.48. The largest absolute Gasteiger partial charge is 0.318 e. The van der Waals surface area contributed by atoms with Gasteiger partial charge in [-0.05, 0) is 30.7 Å². The minimum atomic E-state index is -0.757. The number of aromatic nitrogens is 1. The summed E-state index contributed by atoms with van der Waals surface area (Å²) in [5.41, 5.74) is 0.363. The number of carbonyl (C=O) groups excluding carboxylic acids is 1. The molecule has 2 rings (SSSR count). The van der Waals surface area contributed by atoms with Gasteiger partial charge < -0.3 is 5.32 Å². The summed E-state index contributed by atoms with van der Waals surface area (Å²) >= 11 is 0. The normalized spacial score (nSPS) is 10.2. The first-order valence-electron chi connectivity index (χ1n) is 5.27. The lowest BCUT2D eigenvalue weighted by Crippen LogP contribution is -2.15. The van der Waals surface area contributed by atoms with E-state index in [4.69, 9.17) is 0 Å². The van der Waals surface area contributed by atoms with Crippen LogP contribution in [-0.4, -0.2) is 10.9 Å². The van der Waals surface area contributed by atoms with Crippen LogP contribution < -0.4 is 5.32 Å². The van der Waals surface area contributed by atoms with Gasteiger partial charge in [-0.15, -0.1) is 0 Å². The van der Waals surface area contributed by atoms with Gasteiger partial charge in [-0.25, -0.2) is 9.37 Å². The molecule has 5 heteroatoms. The molecule has 2 aromatic rings. The van der Waals surface area contributed by atoms with E-state index in [0.29, 0.717) is 5.56 Å². The number of halogens is 2. The smallest absolute Gasteiger partial charge is 0.274 e. The Balaban J connectivity index is 2.24. The van der Waals surface area contributed by atoms with Crippen LogP contribution in [0.5, 0.6) is 0 Å². The molecule has 0 bridgehead atoms. The Morgan fingerprint density at radius 1 is 1.17 bits per heavy atom. The number of nitrogens with zero attached hydrogens (tertiary/aromatic N) is 1. The first kappa shape index (κ1) is 12.2. The molecule has 1 aromatic heterocycles. The molecule has 1 aromatic carbocycles. The van der Waals surface area contributed by atoms with Crippen molar-refractivity contribution in [3.63, 3.8) is 0 Å². The predicted molar refractivity (Wildman–Crippen MR) is 63.3 cm³/mol. The standard InChI is InChI=1S/C13H10F2N2O/c1-8-4-2-5-9(12(8)15)17-13(18)10-6-3-7-11(14)16-10/h2-7H,1H3,(H,17,18). The summed E-state index contributed by atoms with van der Waals surface area (Å²) in [7, 11) is 0. The molecule has 1 amide bonds. The van der Waals surface area contributed by atoms with Gasteiger partial charge in [0.1, 0.15) is 11.5 Å². The van der Waals surface area contributed by atoms with Crippen molar-refractivity contribution in [1.29, 1.82) is 0 Å². The summed E-state index contributed by atoms with van der Waals surface area (Å²) < 4.78 is 26.5. The number of carbonyl (C=O) groups is 1. The van der Waals surface area contributed by atoms with E-state index in [0.717, 1.165) is 6.07 Å². The molecule has 0 atom stereocenters. The summed E-state index contributed by atoms with van der Waals surface area (Å²) in [5.74, 6) is -1.92. The molecule has 0 aliphatic carbocycles. The van der Waals surface area contributed by atoms with E-state index >= 15 is 0 Å². The highest BCUT2D eigenvalue weighted by atomic mass is 19.1. The van der Waals surface area contributed by atoms with Gasteiger partial charge in [0.05, 0.1) is 5.69 Å². The average molecular weight is 248 g/mol. The third-order valence-electron chi connectivity index (χ3n) is 2.39. The number of hydrogen-bond acceptors (Lipinski definition) is 2. The lowest BCUT2D eigenvalue weighted by atomic mass is 10.2. The van der Waals surface area contributed by atoms with Crippen molar-refractivity contribution in [2.24, 2.45) is 0 Å². The Labute approximate surface area is 102 Å². The molecular formula is C13H10F2N2O. The van der Waals surface area contributed by atoms with Gasteiger partial charge in [0.15, 0.2) is 0 Å². The molecule has 18 heavy (non-hydrogen) atoms. The second-order valence-electron chi connectivity index (χ2n) is 3.74. The van der Waals surface area contributed by atoms with Crippen LogP contribution >= 0.6 is 0 Å². The maximum Gasteiger partial charge on any atom is 0.274 e. The predicted octanol–water partition coefficient (Wildman–Crippen LogP) is 2.92. The number of amides is 1. The maximum absolute atomic E-state index is 13.6. The fraction of sp³-hybridized carbons (Fsp3) is 0.0769. The topological polar surface area (TPSA) is 42.0 Å². The minimum absolute atomic E-state index is 0.0473. The first-order chi connectivity index (χ1) is 8.58. The van der Waals surface area contributed by atoms with Crippen molar-refractivity contribution in [1.82, 2.24) is 4.98 Å². The fourth-order valence-electron chi connectivity index (χ4n) is 1.47. The molecule has 1 heterocycles. The number of nitrogens with one attached hydrogen (secondary N) is 1. The number of benzene rings is 1. The van der Waals surface area contributed by atoms with Crippen molar-refractivity contribution in [3.8, 4) is 0 Å². The van der Waals surface area contributed by atoms with Crippen molar-refractivity contribution in [3.05, 3.63) is 59.4 Å². The van der Waals surface area contributed by atoms with E-state index in [1.165, 1.54) is 18.2 Å². The van der Waals surface area contributed by atoms with Crippen molar-refractivity contribution >= 4 is 11.6 Å². The van der Waals surface area contributed by atoms with Crippen molar-refractivity contribution in [2.75, 3.05) is 5.32 Å². The molecule has 3 nitrogen and oxygen atoms in total. The molecular weight excluding hydrogens is 238 g/mol. The molecule has 0 radical (unpaired) electrons. The van der Waals surface area contributed by atoms with Crippen LogP contribution in [0.1, 0.15) is 16.1 Å². The lowest BCUT2D eigenvalue weighted by Gasteiger charge is -2.07. The van der Waals surface area contributed by atoms with Gasteiger partial charge in [0.2, 0.25) is 5.95 Å². The highest BCUT2D eigenvalue weighted by Gasteiger charge is 2.11. The van der Waals surface area contributed by atoms with E-state index in [1.54, 1.807) is 19.1 Å². The molecule has 92 valence electrons. The molecule has 0 spiro atoms. The van der Waals surface area contributed by atoms with Crippen LogP contribution in [0.15, 0.2) is 36.4 Å². The van der Waals surface area contributed by atoms with Crippen LogP contribution in [-0.2, 0) is 0 Å². The highest BCUT2D eigenvalue weighted by molar-refractivity contribution is 6.02. The van der Waals surface area contributed by atoms with Crippen LogP contribution in [0.3, 0.4) is 0 Å². The zero-order valence-electron chi connectivity index (χ0n) is 9.58. The van der Waals surface area contributed by atoms with E-state index in [9.17, 15) is 13.6 Å². The molecule has 0 saturated carbocycles. The second kappa shape index (κ2) is 4.91. The highest BCUT2D eigenvalue weighted by Crippen LogP contribution is 2.17. The molecule has 0 aliphatic rings. The Kier molecular flexibility index (Phi) is 3.32. The molecule has 1 N–H and O–H groups in total. The summed E-state index contributed by atoms with van der Waals surface area (Å²) in [6.07, 6.45) is 0. The van der Waals surface area contributed by atoms with E-state index in [-0.39, 0.29) is 11.4 Å². The number of aryl methyl sites for hydroxylation is 1. The van der Waals surface area contributed by atoms with Crippen LogP contribution in [0.25, 0.3) is 0 Å².